The zero-order valence-corrected chi connectivity index (χ0v) is 22.5. The fourth-order valence-electron chi connectivity index (χ4n) is 4.37. The van der Waals surface area contributed by atoms with Crippen LogP contribution in [0.15, 0.2) is 48.7 Å². The van der Waals surface area contributed by atoms with Crippen molar-refractivity contribution in [3.05, 3.63) is 59.9 Å². The van der Waals surface area contributed by atoms with Gasteiger partial charge in [0.1, 0.15) is 11.8 Å². The van der Waals surface area contributed by atoms with E-state index < -0.39 is 59.9 Å². The fraction of sp³-hybridized carbons (Fsp3) is 0.464. The maximum Gasteiger partial charge on any atom is 0.312 e. The number of aliphatic hydroxyl groups excluding tert-OH is 1. The summed E-state index contributed by atoms with van der Waals surface area (Å²) in [6, 6.07) is 8.61. The minimum Gasteiger partial charge on any atom is -0.505 e. The lowest BCUT2D eigenvalue weighted by Gasteiger charge is -2.33. The summed E-state index contributed by atoms with van der Waals surface area (Å²) < 4.78 is 5.55. The Kier molecular flexibility index (Phi) is 10.00. The second kappa shape index (κ2) is 13.2. The Labute approximate surface area is 227 Å². The second-order valence-electron chi connectivity index (χ2n) is 10.3. The van der Waals surface area contributed by atoms with Gasteiger partial charge >= 0.3 is 5.97 Å². The number of nitrogens with one attached hydrogen (secondary N) is 3. The molecule has 1 unspecified atom stereocenters. The maximum absolute atomic E-state index is 13.6. The topological polar surface area (TPSA) is 167 Å². The molecule has 1 aliphatic rings. The minimum absolute atomic E-state index is 0.00579. The van der Waals surface area contributed by atoms with Crippen LogP contribution in [-0.2, 0) is 25.5 Å². The van der Waals surface area contributed by atoms with Gasteiger partial charge in [-0.15, -0.1) is 0 Å². The monoisotopic (exact) mass is 540 g/mol. The molecule has 0 saturated carbocycles. The Hall–Kier alpha value is -3.99. The first-order chi connectivity index (χ1) is 18.5. The van der Waals surface area contributed by atoms with Gasteiger partial charge in [-0.25, -0.2) is 4.98 Å². The van der Waals surface area contributed by atoms with Crippen molar-refractivity contribution in [3.63, 3.8) is 0 Å². The molecule has 1 aliphatic heterocycles. The number of carbonyl (C=O) groups excluding carboxylic acids is 4. The Bertz CT molecular complexity index is 1170. The molecular weight excluding hydrogens is 504 g/mol. The van der Waals surface area contributed by atoms with E-state index in [1.54, 1.807) is 0 Å². The molecule has 3 amide bonds. The summed E-state index contributed by atoms with van der Waals surface area (Å²) in [4.78, 5) is 56.6. The molecule has 0 spiro atoms. The number of cyclic esters (lactones) is 1. The van der Waals surface area contributed by atoms with Crippen LogP contribution < -0.4 is 16.0 Å². The van der Waals surface area contributed by atoms with Crippen molar-refractivity contribution in [1.29, 1.82) is 0 Å². The van der Waals surface area contributed by atoms with Crippen LogP contribution in [0.1, 0.15) is 50.2 Å². The number of aliphatic hydroxyl groups is 1. The van der Waals surface area contributed by atoms with Crippen molar-refractivity contribution in [3.8, 4) is 5.75 Å². The van der Waals surface area contributed by atoms with Crippen LogP contribution in [0, 0.1) is 11.8 Å². The highest BCUT2D eigenvalue weighted by Crippen LogP contribution is 2.19. The number of hydrogen-bond acceptors (Lipinski definition) is 8. The highest BCUT2D eigenvalue weighted by molar-refractivity contribution is 5.98. The van der Waals surface area contributed by atoms with Crippen molar-refractivity contribution < 1.29 is 34.1 Å². The molecule has 11 heteroatoms. The minimum atomic E-state index is -1.37. The Balaban J connectivity index is 1.99. The van der Waals surface area contributed by atoms with E-state index in [2.05, 4.69) is 20.9 Å². The first-order valence-corrected chi connectivity index (χ1v) is 13.0. The molecule has 11 nitrogen and oxygen atoms in total. The van der Waals surface area contributed by atoms with Gasteiger partial charge in [-0.05, 0) is 50.3 Å². The molecule has 6 atom stereocenters. The van der Waals surface area contributed by atoms with Crippen molar-refractivity contribution >= 4 is 23.7 Å². The van der Waals surface area contributed by atoms with E-state index in [1.165, 1.54) is 32.2 Å². The second-order valence-corrected chi connectivity index (χ2v) is 10.3. The number of nitrogens with zero attached hydrogens (tertiary/aromatic N) is 1. The number of rotatable bonds is 6. The number of ether oxygens (including phenoxy) is 1. The van der Waals surface area contributed by atoms with Gasteiger partial charge in [0.25, 0.3) is 11.8 Å². The lowest BCUT2D eigenvalue weighted by molar-refractivity contribution is -0.164. The molecule has 210 valence electrons. The molecular formula is C28H36N4O7. The lowest BCUT2D eigenvalue weighted by atomic mass is 9.92. The third-order valence-electron chi connectivity index (χ3n) is 6.60. The molecule has 5 N–H and O–H groups in total. The van der Waals surface area contributed by atoms with Crippen molar-refractivity contribution in [2.75, 3.05) is 0 Å². The van der Waals surface area contributed by atoms with Gasteiger partial charge in [0.15, 0.2) is 11.8 Å². The molecule has 0 bridgehead atoms. The van der Waals surface area contributed by atoms with Crippen molar-refractivity contribution in [1.82, 2.24) is 20.9 Å². The summed E-state index contributed by atoms with van der Waals surface area (Å²) in [6.45, 7) is 6.72. The molecule has 2 heterocycles. The Morgan fingerprint density at radius 1 is 1.05 bits per heavy atom. The van der Waals surface area contributed by atoms with Crippen molar-refractivity contribution in [2.45, 2.75) is 70.9 Å². The van der Waals surface area contributed by atoms with Crippen LogP contribution >= 0.6 is 0 Å². The molecule has 3 rings (SSSR count). The van der Waals surface area contributed by atoms with Gasteiger partial charge < -0.3 is 30.9 Å². The molecule has 1 aromatic carbocycles. The summed E-state index contributed by atoms with van der Waals surface area (Å²) in [5.74, 6) is -4.39. The fourth-order valence-corrected chi connectivity index (χ4v) is 4.37. The predicted molar refractivity (Wildman–Crippen MR) is 141 cm³/mol. The van der Waals surface area contributed by atoms with Crippen molar-refractivity contribution in [2.24, 2.45) is 11.8 Å². The normalized spacial score (nSPS) is 26.5. The molecule has 2 aromatic rings. The van der Waals surface area contributed by atoms with Crippen LogP contribution in [-0.4, -0.2) is 69.2 Å². The number of benzene rings is 1. The van der Waals surface area contributed by atoms with E-state index in [-0.39, 0.29) is 30.2 Å². The van der Waals surface area contributed by atoms with E-state index in [0.717, 1.165) is 5.56 Å². The number of carbonyl (C=O) groups is 4. The first-order valence-electron chi connectivity index (χ1n) is 13.0. The molecule has 0 aliphatic carbocycles. The van der Waals surface area contributed by atoms with Crippen LogP contribution in [0.5, 0.6) is 5.75 Å². The van der Waals surface area contributed by atoms with Crippen LogP contribution in [0.3, 0.4) is 0 Å². The quantitative estimate of drug-likeness (QED) is 0.340. The van der Waals surface area contributed by atoms with E-state index in [4.69, 9.17) is 4.74 Å². The Morgan fingerprint density at radius 3 is 2.38 bits per heavy atom. The van der Waals surface area contributed by atoms with Gasteiger partial charge in [-0.3, -0.25) is 19.2 Å². The highest BCUT2D eigenvalue weighted by atomic mass is 16.5. The van der Waals surface area contributed by atoms with Gasteiger partial charge in [0.05, 0.1) is 24.1 Å². The molecule has 39 heavy (non-hydrogen) atoms. The Morgan fingerprint density at radius 2 is 1.74 bits per heavy atom. The number of aromatic nitrogens is 1. The molecule has 1 fully saturated rings. The average Bonchev–Trinajstić information content (AvgIpc) is 2.89. The predicted octanol–water partition coefficient (Wildman–Crippen LogP) is 1.09. The van der Waals surface area contributed by atoms with Gasteiger partial charge in [-0.2, -0.15) is 0 Å². The maximum atomic E-state index is 13.6. The number of aromatic hydroxyl groups is 1. The van der Waals surface area contributed by atoms with Crippen LogP contribution in [0.4, 0.5) is 0 Å². The first kappa shape index (κ1) is 29.6. The van der Waals surface area contributed by atoms with E-state index in [1.807, 2.05) is 44.2 Å². The third-order valence-corrected chi connectivity index (χ3v) is 6.60. The molecule has 1 saturated heterocycles. The summed E-state index contributed by atoms with van der Waals surface area (Å²) >= 11 is 0. The highest BCUT2D eigenvalue weighted by Gasteiger charge is 2.39. The SMILES string of the molecule is CC(C)CC1OC(=O)[C@H](C)[C@H](O)[C@H](Cc2ccccc2)NC(=O)[C@@H](NC(=O)c2ncccc2O)[C@@H](C)NC1=O. The summed E-state index contributed by atoms with van der Waals surface area (Å²) in [5, 5.41) is 29.3. The van der Waals surface area contributed by atoms with Gasteiger partial charge in [0.2, 0.25) is 5.91 Å². The number of amides is 3. The number of esters is 1. The summed E-state index contributed by atoms with van der Waals surface area (Å²) in [7, 11) is 0. The lowest BCUT2D eigenvalue weighted by Crippen LogP contribution is -2.62. The average molecular weight is 541 g/mol. The summed E-state index contributed by atoms with van der Waals surface area (Å²) in [5.41, 5.74) is 0.503. The molecule has 0 radical (unpaired) electrons. The van der Waals surface area contributed by atoms with Crippen LogP contribution in [0.2, 0.25) is 0 Å². The zero-order chi connectivity index (χ0) is 28.7. The standard InChI is InChI=1S/C28H36N4O7/c1-15(2)13-21-25(35)30-17(4)22(32-27(37)23-20(33)11-8-12-29-23)26(36)31-19(14-18-9-6-5-7-10-18)24(34)16(3)28(38)39-21/h5-12,15-17,19,21-22,24,33-34H,13-14H2,1-4H3,(H,30,35)(H,31,36)(H,32,37)/t16-,17-,19+,21?,22+,24+/m1/s1. The number of hydrogen-bond donors (Lipinski definition) is 5. The van der Waals surface area contributed by atoms with Gasteiger partial charge in [-0.1, -0.05) is 44.2 Å². The van der Waals surface area contributed by atoms with E-state index in [9.17, 15) is 29.4 Å². The van der Waals surface area contributed by atoms with Gasteiger partial charge in [0, 0.05) is 6.20 Å². The number of pyridine rings is 1. The summed E-state index contributed by atoms with van der Waals surface area (Å²) in [6.07, 6.45) is -0.815. The molecule has 1 aromatic heterocycles. The van der Waals surface area contributed by atoms with Crippen LogP contribution in [0.25, 0.3) is 0 Å². The van der Waals surface area contributed by atoms with E-state index >= 15 is 0 Å². The third kappa shape index (κ3) is 7.76. The zero-order valence-electron chi connectivity index (χ0n) is 22.5. The largest absolute Gasteiger partial charge is 0.505 e. The smallest absolute Gasteiger partial charge is 0.312 e. The van der Waals surface area contributed by atoms with E-state index in [0.29, 0.717) is 0 Å².